The van der Waals surface area contributed by atoms with E-state index in [0.29, 0.717) is 11.7 Å². The predicted molar refractivity (Wildman–Crippen MR) is 104 cm³/mol. The molecule has 9 heteroatoms. The average molecular weight is 389 g/mol. The van der Waals surface area contributed by atoms with Crippen LogP contribution in [-0.4, -0.2) is 90.3 Å². The number of amides is 3. The molecule has 28 heavy (non-hydrogen) atoms. The molecule has 1 saturated heterocycles. The highest BCUT2D eigenvalue weighted by Crippen LogP contribution is 2.25. The minimum atomic E-state index is -0.846. The molecule has 9 nitrogen and oxygen atoms in total. The number of hydrogen-bond acceptors (Lipinski definition) is 7. The Morgan fingerprint density at radius 2 is 2.00 bits per heavy atom. The molecule has 0 radical (unpaired) electrons. The first kappa shape index (κ1) is 19.9. The fourth-order valence-corrected chi connectivity index (χ4v) is 3.35. The van der Waals surface area contributed by atoms with Crippen LogP contribution in [-0.2, 0) is 4.79 Å². The van der Waals surface area contributed by atoms with E-state index >= 15 is 0 Å². The van der Waals surface area contributed by atoms with Crippen LogP contribution in [0.2, 0.25) is 0 Å². The summed E-state index contributed by atoms with van der Waals surface area (Å²) in [5.41, 5.74) is 2.29. The van der Waals surface area contributed by atoms with Crippen LogP contribution in [0.5, 0.6) is 5.75 Å². The lowest BCUT2D eigenvalue weighted by Gasteiger charge is -2.37. The lowest BCUT2D eigenvalue weighted by atomic mass is 10.1. The summed E-state index contributed by atoms with van der Waals surface area (Å²) in [6, 6.07) is 4.60. The van der Waals surface area contributed by atoms with Gasteiger partial charge in [0.25, 0.3) is 5.91 Å². The summed E-state index contributed by atoms with van der Waals surface area (Å²) in [6.07, 6.45) is -1.47. The van der Waals surface area contributed by atoms with Crippen molar-refractivity contribution in [3.05, 3.63) is 29.3 Å². The Kier molecular flexibility index (Phi) is 5.46. The van der Waals surface area contributed by atoms with Crippen LogP contribution in [0, 0.1) is 13.8 Å². The van der Waals surface area contributed by atoms with Gasteiger partial charge in [-0.2, -0.15) is 0 Å². The number of ether oxygens (including phenoxy) is 1. The van der Waals surface area contributed by atoms with Gasteiger partial charge in [0, 0.05) is 21.1 Å². The number of aliphatic imine (C=N–C) groups is 1. The molecular weight excluding hydrogens is 362 g/mol. The lowest BCUT2D eigenvalue weighted by molar-refractivity contribution is -0.127. The van der Waals surface area contributed by atoms with E-state index < -0.39 is 30.2 Å². The monoisotopic (exact) mass is 389 g/mol. The summed E-state index contributed by atoms with van der Waals surface area (Å²) >= 11 is 0. The van der Waals surface area contributed by atoms with Crippen molar-refractivity contribution in [2.75, 3.05) is 34.3 Å². The molecule has 0 saturated carbocycles. The fraction of sp³-hybridized carbons (Fsp3) is 0.526. The Labute approximate surface area is 164 Å². The zero-order valence-corrected chi connectivity index (χ0v) is 16.8. The van der Waals surface area contributed by atoms with Crippen LogP contribution < -0.4 is 10.1 Å². The largest absolute Gasteiger partial charge is 0.491 e. The molecule has 0 aliphatic carbocycles. The van der Waals surface area contributed by atoms with E-state index in [1.165, 1.54) is 10.5 Å². The number of aliphatic hydroxyl groups excluding tert-OH is 1. The van der Waals surface area contributed by atoms with E-state index in [0.717, 1.165) is 5.56 Å². The third-order valence-electron chi connectivity index (χ3n) is 5.07. The Morgan fingerprint density at radius 1 is 1.29 bits per heavy atom. The first-order valence-corrected chi connectivity index (χ1v) is 9.16. The van der Waals surface area contributed by atoms with Crippen molar-refractivity contribution in [3.63, 3.8) is 0 Å². The summed E-state index contributed by atoms with van der Waals surface area (Å²) < 4.78 is 5.72. The van der Waals surface area contributed by atoms with E-state index in [1.54, 1.807) is 30.9 Å². The minimum absolute atomic E-state index is 0.0769. The fourth-order valence-electron chi connectivity index (χ4n) is 3.35. The maximum atomic E-state index is 12.4. The second-order valence-electron chi connectivity index (χ2n) is 7.45. The number of β-amino-alcohol motifs (C(OH)–C–C–N with tert-alkyl or cyclic N) is 1. The molecule has 3 atom stereocenters. The molecule has 1 fully saturated rings. The number of guanidine groups is 1. The first-order chi connectivity index (χ1) is 13.2. The van der Waals surface area contributed by atoms with Gasteiger partial charge in [-0.3, -0.25) is 10.1 Å². The van der Waals surface area contributed by atoms with Crippen LogP contribution in [0.25, 0.3) is 0 Å². The molecule has 0 bridgehead atoms. The summed E-state index contributed by atoms with van der Waals surface area (Å²) in [7, 11) is 5.21. The van der Waals surface area contributed by atoms with Gasteiger partial charge >= 0.3 is 6.03 Å². The van der Waals surface area contributed by atoms with Crippen molar-refractivity contribution < 1.29 is 19.4 Å². The molecule has 0 aromatic heterocycles. The van der Waals surface area contributed by atoms with Crippen molar-refractivity contribution >= 4 is 17.9 Å². The van der Waals surface area contributed by atoms with Crippen molar-refractivity contribution in [1.82, 2.24) is 20.0 Å². The average Bonchev–Trinajstić information content (AvgIpc) is 3.01. The number of aliphatic hydroxyl groups is 1. The Morgan fingerprint density at radius 3 is 2.64 bits per heavy atom. The topological polar surface area (TPSA) is 97.7 Å². The van der Waals surface area contributed by atoms with Gasteiger partial charge in [-0.1, -0.05) is 6.07 Å². The van der Waals surface area contributed by atoms with Gasteiger partial charge in [0.1, 0.15) is 18.5 Å². The first-order valence-electron chi connectivity index (χ1n) is 9.16. The quantitative estimate of drug-likeness (QED) is 0.744. The standard InChI is InChI=1S/C19H27N5O4/c1-11-6-7-14(8-12(11)2)28-10-13(25)9-24-15-16(20-18(24)22(3)4)23(5)19(27)21-17(15)26/h6-8,13,15-16,25H,9-10H2,1-5H3,(H,21,26,27). The van der Waals surface area contributed by atoms with Crippen molar-refractivity contribution in [2.45, 2.75) is 32.2 Å². The molecule has 2 aliphatic rings. The minimum Gasteiger partial charge on any atom is -0.491 e. The third-order valence-corrected chi connectivity index (χ3v) is 5.07. The zero-order chi connectivity index (χ0) is 20.6. The number of benzene rings is 1. The van der Waals surface area contributed by atoms with E-state index in [9.17, 15) is 14.7 Å². The van der Waals surface area contributed by atoms with E-state index in [1.807, 2.05) is 32.0 Å². The van der Waals surface area contributed by atoms with Crippen LogP contribution in [0.1, 0.15) is 11.1 Å². The molecule has 3 rings (SSSR count). The maximum Gasteiger partial charge on any atom is 0.325 e. The van der Waals surface area contributed by atoms with Crippen molar-refractivity contribution in [2.24, 2.45) is 4.99 Å². The number of carbonyl (C=O) groups is 2. The number of carbonyl (C=O) groups excluding carboxylic acids is 2. The number of imide groups is 1. The van der Waals surface area contributed by atoms with Gasteiger partial charge in [0.2, 0.25) is 0 Å². The van der Waals surface area contributed by atoms with Crippen LogP contribution in [0.15, 0.2) is 23.2 Å². The van der Waals surface area contributed by atoms with E-state index in [2.05, 4.69) is 10.3 Å². The van der Waals surface area contributed by atoms with Gasteiger partial charge in [-0.15, -0.1) is 0 Å². The zero-order valence-electron chi connectivity index (χ0n) is 16.8. The molecule has 3 unspecified atom stereocenters. The Balaban J connectivity index is 1.70. The Bertz CT molecular complexity index is 810. The molecule has 2 aliphatic heterocycles. The molecule has 2 heterocycles. The number of likely N-dealkylation sites (N-methyl/N-ethyl adjacent to an activating group) is 1. The number of nitrogens with one attached hydrogen (secondary N) is 1. The highest BCUT2D eigenvalue weighted by molar-refractivity contribution is 6.03. The molecule has 152 valence electrons. The predicted octanol–water partition coefficient (Wildman–Crippen LogP) is 0.153. The number of hydrogen-bond donors (Lipinski definition) is 2. The van der Waals surface area contributed by atoms with Gasteiger partial charge < -0.3 is 24.5 Å². The third kappa shape index (κ3) is 3.75. The van der Waals surface area contributed by atoms with Crippen molar-refractivity contribution in [1.29, 1.82) is 0 Å². The van der Waals surface area contributed by atoms with Crippen molar-refractivity contribution in [3.8, 4) is 5.75 Å². The highest BCUT2D eigenvalue weighted by atomic mass is 16.5. The van der Waals surface area contributed by atoms with Gasteiger partial charge in [-0.25, -0.2) is 9.79 Å². The van der Waals surface area contributed by atoms with Crippen LogP contribution in [0.4, 0.5) is 4.79 Å². The van der Waals surface area contributed by atoms with Gasteiger partial charge in [0.15, 0.2) is 18.2 Å². The maximum absolute atomic E-state index is 12.4. The lowest BCUT2D eigenvalue weighted by Crippen LogP contribution is -2.64. The van der Waals surface area contributed by atoms with E-state index in [4.69, 9.17) is 4.74 Å². The highest BCUT2D eigenvalue weighted by Gasteiger charge is 2.49. The number of aryl methyl sites for hydroxylation is 2. The molecule has 3 amide bonds. The molecule has 0 spiro atoms. The number of urea groups is 1. The van der Waals surface area contributed by atoms with Crippen LogP contribution in [0.3, 0.4) is 0 Å². The summed E-state index contributed by atoms with van der Waals surface area (Å²) in [6.45, 7) is 4.26. The number of fused-ring (bicyclic) bond motifs is 1. The second-order valence-corrected chi connectivity index (χ2v) is 7.45. The van der Waals surface area contributed by atoms with Crippen LogP contribution >= 0.6 is 0 Å². The molecule has 2 N–H and O–H groups in total. The second kappa shape index (κ2) is 7.67. The van der Waals surface area contributed by atoms with Gasteiger partial charge in [0.05, 0.1) is 6.54 Å². The molecule has 1 aromatic carbocycles. The normalized spacial score (nSPS) is 22.6. The number of nitrogens with zero attached hydrogens (tertiary/aromatic N) is 4. The number of rotatable bonds is 5. The summed E-state index contributed by atoms with van der Waals surface area (Å²) in [5, 5.41) is 12.9. The van der Waals surface area contributed by atoms with Gasteiger partial charge in [-0.05, 0) is 37.1 Å². The molecular formula is C19H27N5O4. The summed E-state index contributed by atoms with van der Waals surface area (Å²) in [4.78, 5) is 33.7. The summed E-state index contributed by atoms with van der Waals surface area (Å²) in [5.74, 6) is 0.802. The Hall–Kier alpha value is -2.81. The van der Waals surface area contributed by atoms with E-state index in [-0.39, 0.29) is 13.2 Å². The smallest absolute Gasteiger partial charge is 0.325 e. The SMILES string of the molecule is Cc1ccc(OCC(O)CN2C(N(C)C)=NC3C2C(=O)NC(=O)N3C)cc1C. The molecule has 1 aromatic rings.